The second-order valence-electron chi connectivity index (χ2n) is 12.2. The van der Waals surface area contributed by atoms with Gasteiger partial charge in [0.15, 0.2) is 0 Å². The van der Waals surface area contributed by atoms with E-state index in [1.54, 1.807) is 12.1 Å². The summed E-state index contributed by atoms with van der Waals surface area (Å²) in [6, 6.07) is 4.94. The van der Waals surface area contributed by atoms with Crippen LogP contribution in [-0.2, 0) is 19.0 Å². The Balaban J connectivity index is 1.55. The topological polar surface area (TPSA) is 124 Å². The van der Waals surface area contributed by atoms with Crippen LogP contribution in [0.1, 0.15) is 84.1 Å². The number of aliphatic carboxylic acids is 1. The van der Waals surface area contributed by atoms with Gasteiger partial charge >= 0.3 is 13.1 Å². The van der Waals surface area contributed by atoms with Crippen LogP contribution in [0.2, 0.25) is 11.3 Å². The molecule has 2 heterocycles. The van der Waals surface area contributed by atoms with Crippen molar-refractivity contribution in [3.8, 4) is 5.75 Å². The van der Waals surface area contributed by atoms with Crippen LogP contribution < -0.4 is 0 Å². The molecule has 2 aliphatic heterocycles. The maximum absolute atomic E-state index is 13.7. The van der Waals surface area contributed by atoms with Crippen LogP contribution in [0, 0.1) is 23.7 Å². The Morgan fingerprint density at radius 2 is 1.90 bits per heavy atom. The summed E-state index contributed by atoms with van der Waals surface area (Å²) in [5, 5.41) is 29.9. The lowest BCUT2D eigenvalue weighted by molar-refractivity contribution is -0.141. The molecule has 2 saturated heterocycles. The number of benzene rings is 1. The number of carboxylic acids is 1. The quantitative estimate of drug-likeness (QED) is 0.108. The Morgan fingerprint density at radius 1 is 1.14 bits per heavy atom. The number of carbonyl (C=O) groups excluding carboxylic acids is 2. The van der Waals surface area contributed by atoms with Crippen molar-refractivity contribution in [1.29, 1.82) is 0 Å². The molecular formula is C32H43BClNO7. The van der Waals surface area contributed by atoms with Gasteiger partial charge in [-0.25, -0.2) is 0 Å². The summed E-state index contributed by atoms with van der Waals surface area (Å²) in [6.07, 6.45) is 7.49. The molecule has 3 N–H and O–H groups in total. The number of carboxylic acid groups (broad SMARTS) is 1. The predicted octanol–water partition coefficient (Wildman–Crippen LogP) is 6.11. The molecule has 0 saturated carbocycles. The molecule has 0 aromatic heterocycles. The number of phenolic OH excluding ortho intramolecular Hbond substituents is 1. The lowest BCUT2D eigenvalue weighted by Gasteiger charge is -2.44. The summed E-state index contributed by atoms with van der Waals surface area (Å²) in [5.74, 6) is -2.06. The molecule has 2 amide bonds. The number of hydrogen-bond donors (Lipinski definition) is 3. The SMILES string of the molecule is CCC/C(=C\c1ccc(O)cc1Cl)CC[C@H]1OB(O)C[C@H]2C1=C(C(C)C)C[C@H]1C(=O)N(CCCCCC(=O)O)C(=O)[C@H]12. The Labute approximate surface area is 253 Å². The molecule has 0 radical (unpaired) electrons. The van der Waals surface area contributed by atoms with E-state index in [4.69, 9.17) is 21.4 Å². The number of unbranched alkanes of at least 4 members (excludes halogenated alkanes) is 2. The fraction of sp³-hybridized carbons (Fsp3) is 0.594. The van der Waals surface area contributed by atoms with Gasteiger partial charge in [-0.15, -0.1) is 0 Å². The minimum atomic E-state index is -1.02. The van der Waals surface area contributed by atoms with E-state index < -0.39 is 24.9 Å². The molecule has 228 valence electrons. The number of phenols is 1. The number of allylic oxidation sites excluding steroid dienone is 2. The normalized spacial score (nSPS) is 24.5. The highest BCUT2D eigenvalue weighted by molar-refractivity contribution is 6.43. The highest BCUT2D eigenvalue weighted by atomic mass is 35.5. The van der Waals surface area contributed by atoms with E-state index in [0.29, 0.717) is 50.1 Å². The van der Waals surface area contributed by atoms with Crippen LogP contribution in [0.5, 0.6) is 5.75 Å². The van der Waals surface area contributed by atoms with Crippen molar-refractivity contribution in [1.82, 2.24) is 4.90 Å². The Hall–Kier alpha value is -2.62. The van der Waals surface area contributed by atoms with Crippen molar-refractivity contribution in [3.63, 3.8) is 0 Å². The highest BCUT2D eigenvalue weighted by Crippen LogP contribution is 2.52. The van der Waals surface area contributed by atoms with Crippen LogP contribution in [0.25, 0.3) is 6.08 Å². The van der Waals surface area contributed by atoms with E-state index in [1.165, 1.54) is 16.5 Å². The number of carbonyl (C=O) groups is 3. The molecule has 1 aliphatic carbocycles. The third kappa shape index (κ3) is 7.29. The van der Waals surface area contributed by atoms with Crippen molar-refractivity contribution < 1.29 is 34.3 Å². The van der Waals surface area contributed by atoms with E-state index in [2.05, 4.69) is 26.8 Å². The molecule has 1 aromatic rings. The third-order valence-corrected chi connectivity index (χ3v) is 9.27. The average Bonchev–Trinajstić information content (AvgIpc) is 3.16. The van der Waals surface area contributed by atoms with Gasteiger partial charge in [-0.3, -0.25) is 19.3 Å². The fourth-order valence-electron chi connectivity index (χ4n) is 7.02. The number of aromatic hydroxyl groups is 1. The van der Waals surface area contributed by atoms with Gasteiger partial charge in [0.1, 0.15) is 5.75 Å². The van der Waals surface area contributed by atoms with Gasteiger partial charge < -0.3 is 19.9 Å². The number of rotatable bonds is 13. The first-order valence-electron chi connectivity index (χ1n) is 15.3. The first-order valence-corrected chi connectivity index (χ1v) is 15.7. The zero-order valence-electron chi connectivity index (χ0n) is 24.9. The predicted molar refractivity (Wildman–Crippen MR) is 163 cm³/mol. The molecule has 0 spiro atoms. The molecule has 0 bridgehead atoms. The molecule has 4 atom stereocenters. The molecule has 1 aromatic carbocycles. The minimum Gasteiger partial charge on any atom is -0.508 e. The first kappa shape index (κ1) is 32.3. The van der Waals surface area contributed by atoms with Crippen molar-refractivity contribution in [2.45, 2.75) is 91.0 Å². The second-order valence-corrected chi connectivity index (χ2v) is 12.6. The van der Waals surface area contributed by atoms with Gasteiger partial charge in [0.2, 0.25) is 11.8 Å². The van der Waals surface area contributed by atoms with E-state index in [-0.39, 0.29) is 48.2 Å². The number of fused-ring (bicyclic) bond motifs is 3. The van der Waals surface area contributed by atoms with E-state index in [1.807, 2.05) is 0 Å². The summed E-state index contributed by atoms with van der Waals surface area (Å²) in [7, 11) is -1.02. The smallest absolute Gasteiger partial charge is 0.455 e. The standard InChI is InChI=1S/C32H43BClNO7/c1-4-8-20(15-21-11-12-22(36)16-26(21)34)10-13-27-29-23(19(2)3)17-24-30(25(29)18-33(41)42-27)32(40)35(31(24)39)14-7-5-6-9-28(37)38/h11-12,15-16,19,24-25,27,30,36,41H,4-10,13-14,17-18H2,1-3H3,(H,37,38)/b20-15+/t24-,25+,27-,30-/m1/s1. The number of halogens is 1. The average molecular weight is 600 g/mol. The molecule has 4 rings (SSSR count). The van der Waals surface area contributed by atoms with Gasteiger partial charge in [-0.2, -0.15) is 0 Å². The summed E-state index contributed by atoms with van der Waals surface area (Å²) < 4.78 is 6.16. The number of likely N-dealkylation sites (tertiary alicyclic amines) is 1. The zero-order chi connectivity index (χ0) is 30.6. The first-order chi connectivity index (χ1) is 20.0. The van der Waals surface area contributed by atoms with Crippen molar-refractivity contribution >= 4 is 42.6 Å². The van der Waals surface area contributed by atoms with E-state index >= 15 is 0 Å². The number of nitrogens with zero attached hydrogens (tertiary/aromatic N) is 1. The molecule has 10 heteroatoms. The van der Waals surface area contributed by atoms with Gasteiger partial charge in [0.05, 0.1) is 23.0 Å². The molecule has 2 fully saturated rings. The molecule has 8 nitrogen and oxygen atoms in total. The van der Waals surface area contributed by atoms with Crippen LogP contribution in [0.3, 0.4) is 0 Å². The molecule has 42 heavy (non-hydrogen) atoms. The Kier molecular flexibility index (Phi) is 10.9. The summed E-state index contributed by atoms with van der Waals surface area (Å²) >= 11 is 6.38. The van der Waals surface area contributed by atoms with Crippen molar-refractivity contribution in [3.05, 3.63) is 45.5 Å². The van der Waals surface area contributed by atoms with Crippen LogP contribution in [0.15, 0.2) is 34.9 Å². The van der Waals surface area contributed by atoms with Gasteiger partial charge in [0.25, 0.3) is 0 Å². The maximum atomic E-state index is 13.7. The maximum Gasteiger partial charge on any atom is 0.455 e. The van der Waals surface area contributed by atoms with Crippen molar-refractivity contribution in [2.24, 2.45) is 23.7 Å². The number of amides is 2. The second kappa shape index (κ2) is 14.2. The lowest BCUT2D eigenvalue weighted by Crippen LogP contribution is -2.46. The van der Waals surface area contributed by atoms with Crippen LogP contribution >= 0.6 is 11.6 Å². The summed E-state index contributed by atoms with van der Waals surface area (Å²) in [5.41, 5.74) is 4.26. The molecule has 3 aliphatic rings. The zero-order valence-corrected chi connectivity index (χ0v) is 25.6. The Bertz CT molecular complexity index is 1250. The number of imide groups is 1. The molecule has 0 unspecified atom stereocenters. The summed E-state index contributed by atoms with van der Waals surface area (Å²) in [6.45, 7) is 6.64. The number of hydrogen-bond acceptors (Lipinski definition) is 6. The van der Waals surface area contributed by atoms with E-state index in [9.17, 15) is 24.5 Å². The van der Waals surface area contributed by atoms with Gasteiger partial charge in [0, 0.05) is 13.0 Å². The van der Waals surface area contributed by atoms with E-state index in [0.717, 1.165) is 29.6 Å². The molecular weight excluding hydrogens is 557 g/mol. The highest BCUT2D eigenvalue weighted by Gasteiger charge is 2.57. The van der Waals surface area contributed by atoms with Crippen LogP contribution in [0.4, 0.5) is 0 Å². The minimum absolute atomic E-state index is 0.0800. The third-order valence-electron chi connectivity index (χ3n) is 8.95. The van der Waals surface area contributed by atoms with Crippen LogP contribution in [-0.4, -0.2) is 57.7 Å². The fourth-order valence-corrected chi connectivity index (χ4v) is 7.25. The largest absolute Gasteiger partial charge is 0.508 e. The van der Waals surface area contributed by atoms with Gasteiger partial charge in [-0.05, 0) is 86.0 Å². The monoisotopic (exact) mass is 599 g/mol. The van der Waals surface area contributed by atoms with Crippen molar-refractivity contribution in [2.75, 3.05) is 6.54 Å². The van der Waals surface area contributed by atoms with Gasteiger partial charge in [-0.1, -0.05) is 62.4 Å². The lowest BCUT2D eigenvalue weighted by atomic mass is 9.57. The summed E-state index contributed by atoms with van der Waals surface area (Å²) in [4.78, 5) is 39.4. The Morgan fingerprint density at radius 3 is 2.57 bits per heavy atom.